The number of hydrogen-bond donors (Lipinski definition) is 2. The summed E-state index contributed by atoms with van der Waals surface area (Å²) >= 11 is 0. The van der Waals surface area contributed by atoms with Crippen molar-refractivity contribution in [2.24, 2.45) is 0 Å². The van der Waals surface area contributed by atoms with E-state index in [0.29, 0.717) is 27.9 Å². The van der Waals surface area contributed by atoms with E-state index in [1.54, 1.807) is 18.4 Å². The van der Waals surface area contributed by atoms with Crippen LogP contribution in [0.3, 0.4) is 0 Å². The molecule has 6 rings (SSSR count). The van der Waals surface area contributed by atoms with Crippen molar-refractivity contribution >= 4 is 33.1 Å². The van der Waals surface area contributed by atoms with Crippen LogP contribution in [0.4, 0.5) is 0 Å². The van der Waals surface area contributed by atoms with Gasteiger partial charge in [-0.2, -0.15) is 0 Å². The van der Waals surface area contributed by atoms with Crippen molar-refractivity contribution in [2.75, 3.05) is 0 Å². The Labute approximate surface area is 157 Å². The molecule has 0 spiro atoms. The van der Waals surface area contributed by atoms with Crippen LogP contribution in [0, 0.1) is 0 Å². The van der Waals surface area contributed by atoms with Gasteiger partial charge in [-0.25, -0.2) is 0 Å². The van der Waals surface area contributed by atoms with Crippen LogP contribution in [-0.2, 0) is 0 Å². The van der Waals surface area contributed by atoms with Crippen LogP contribution in [0.2, 0.25) is 0 Å². The lowest BCUT2D eigenvalue weighted by molar-refractivity contribution is 0.476. The third kappa shape index (κ3) is 2.04. The number of rotatable bonds is 2. The van der Waals surface area contributed by atoms with Gasteiger partial charge in [-0.05, 0) is 37.1 Å². The van der Waals surface area contributed by atoms with Gasteiger partial charge in [0.15, 0.2) is 11.0 Å². The molecule has 1 aliphatic rings. The quantitative estimate of drug-likeness (QED) is 0.481. The van der Waals surface area contributed by atoms with E-state index in [0.717, 1.165) is 42.2 Å². The van der Waals surface area contributed by atoms with Crippen molar-refractivity contribution in [1.29, 1.82) is 0 Å². The normalized spacial score (nSPS) is 15.4. The molecule has 4 heterocycles. The van der Waals surface area contributed by atoms with Crippen molar-refractivity contribution in [1.82, 2.24) is 14.8 Å². The Morgan fingerprint density at radius 1 is 1.11 bits per heavy atom. The fraction of sp³-hybridized carbons (Fsp3) is 0.238. The van der Waals surface area contributed by atoms with Gasteiger partial charge in [0.1, 0.15) is 17.0 Å². The second kappa shape index (κ2) is 5.51. The molecule has 7 nitrogen and oxygen atoms in total. The average molecular weight is 375 g/mol. The fourth-order valence-electron chi connectivity index (χ4n) is 4.51. The van der Waals surface area contributed by atoms with Crippen molar-refractivity contribution in [3.05, 3.63) is 57.2 Å². The Kier molecular flexibility index (Phi) is 3.06. The van der Waals surface area contributed by atoms with E-state index < -0.39 is 0 Å². The smallest absolute Gasteiger partial charge is 0.274 e. The summed E-state index contributed by atoms with van der Waals surface area (Å²) in [7, 11) is 0. The molecule has 28 heavy (non-hydrogen) atoms. The first-order chi connectivity index (χ1) is 13.7. The molecule has 0 aliphatic heterocycles. The zero-order valence-corrected chi connectivity index (χ0v) is 15.0. The zero-order chi connectivity index (χ0) is 18.8. The van der Waals surface area contributed by atoms with Gasteiger partial charge in [0.05, 0.1) is 28.8 Å². The third-order valence-electron chi connectivity index (χ3n) is 5.77. The Bertz CT molecular complexity index is 1460. The van der Waals surface area contributed by atoms with Crippen LogP contribution >= 0.6 is 0 Å². The summed E-state index contributed by atoms with van der Waals surface area (Å²) in [5.74, 6) is 0.556. The highest BCUT2D eigenvalue weighted by molar-refractivity contribution is 6.13. The maximum Gasteiger partial charge on any atom is 0.274 e. The summed E-state index contributed by atoms with van der Waals surface area (Å²) in [6, 6.07) is 8.59. The van der Waals surface area contributed by atoms with E-state index >= 15 is 0 Å². The van der Waals surface area contributed by atoms with Crippen LogP contribution < -0.4 is 11.0 Å². The molecule has 140 valence electrons. The lowest BCUT2D eigenvalue weighted by Gasteiger charge is -2.12. The van der Waals surface area contributed by atoms with Gasteiger partial charge in [0.2, 0.25) is 0 Å². The van der Waals surface area contributed by atoms with Gasteiger partial charge in [0, 0.05) is 11.5 Å². The van der Waals surface area contributed by atoms with Gasteiger partial charge < -0.3 is 13.8 Å². The molecule has 1 aliphatic carbocycles. The first-order valence-corrected chi connectivity index (χ1v) is 9.47. The molecular formula is C21H17N3O4. The Balaban J connectivity index is 1.83. The second-order valence-corrected chi connectivity index (χ2v) is 7.41. The number of benzene rings is 1. The number of hydrogen-bond acceptors (Lipinski definition) is 4. The minimum Gasteiger partial charge on any atom is -0.464 e. The monoisotopic (exact) mass is 375 g/mol. The summed E-state index contributed by atoms with van der Waals surface area (Å²) in [5.41, 5.74) is 2.78. The fourth-order valence-corrected chi connectivity index (χ4v) is 4.51. The molecule has 0 radical (unpaired) electrons. The highest BCUT2D eigenvalue weighted by Crippen LogP contribution is 2.39. The number of aromatic amines is 2. The Morgan fingerprint density at radius 2 is 1.96 bits per heavy atom. The lowest BCUT2D eigenvalue weighted by Crippen LogP contribution is -2.10. The standard InChI is InChI=1S/C21H17N3O4/c25-12-7-8-13-15(10-12)28-19-16(14-6-3-9-27-14)17-20(22-18(13)19)24(23-21(17)26)11-4-1-2-5-11/h3,6-11,22H,1-2,4-5H2,(H,23,26). The minimum absolute atomic E-state index is 0.121. The first kappa shape index (κ1) is 15.6. The van der Waals surface area contributed by atoms with E-state index in [-0.39, 0.29) is 17.0 Å². The molecule has 0 atom stereocenters. The van der Waals surface area contributed by atoms with Crippen molar-refractivity contribution in [3.8, 4) is 11.3 Å². The molecule has 1 saturated carbocycles. The summed E-state index contributed by atoms with van der Waals surface area (Å²) < 4.78 is 13.6. The number of furan rings is 2. The second-order valence-electron chi connectivity index (χ2n) is 7.41. The van der Waals surface area contributed by atoms with Gasteiger partial charge in [0.25, 0.3) is 5.56 Å². The number of H-pyrrole nitrogens is 2. The number of nitrogens with zero attached hydrogens (tertiary/aromatic N) is 1. The van der Waals surface area contributed by atoms with Crippen molar-refractivity contribution in [2.45, 2.75) is 31.7 Å². The molecule has 0 saturated heterocycles. The molecule has 1 fully saturated rings. The number of pyridine rings is 1. The van der Waals surface area contributed by atoms with Crippen LogP contribution in [0.5, 0.6) is 0 Å². The molecule has 0 amide bonds. The molecule has 0 unspecified atom stereocenters. The minimum atomic E-state index is -0.184. The average Bonchev–Trinajstić information content (AvgIpc) is 3.47. The summed E-state index contributed by atoms with van der Waals surface area (Å²) in [6.45, 7) is 0. The summed E-state index contributed by atoms with van der Waals surface area (Å²) in [6.07, 6.45) is 5.95. The number of aromatic nitrogens is 3. The molecular weight excluding hydrogens is 358 g/mol. The van der Waals surface area contributed by atoms with Gasteiger partial charge in [-0.1, -0.05) is 12.8 Å². The van der Waals surface area contributed by atoms with Crippen LogP contribution in [0.25, 0.3) is 44.4 Å². The number of nitrogens with one attached hydrogen (secondary N) is 2. The van der Waals surface area contributed by atoms with Gasteiger partial charge in [-0.3, -0.25) is 19.4 Å². The molecule has 0 bridgehead atoms. The van der Waals surface area contributed by atoms with Crippen LogP contribution in [0.1, 0.15) is 31.7 Å². The van der Waals surface area contributed by atoms with Crippen LogP contribution in [-0.4, -0.2) is 14.8 Å². The van der Waals surface area contributed by atoms with Gasteiger partial charge in [-0.15, -0.1) is 0 Å². The van der Waals surface area contributed by atoms with E-state index in [2.05, 4.69) is 10.1 Å². The highest BCUT2D eigenvalue weighted by atomic mass is 16.3. The molecule has 2 N–H and O–H groups in total. The predicted molar refractivity (Wildman–Crippen MR) is 106 cm³/mol. The topological polar surface area (TPSA) is 96.9 Å². The van der Waals surface area contributed by atoms with E-state index in [4.69, 9.17) is 8.83 Å². The van der Waals surface area contributed by atoms with Gasteiger partial charge >= 0.3 is 0 Å². The maximum atomic E-state index is 13.0. The zero-order valence-electron chi connectivity index (χ0n) is 15.0. The molecule has 4 aromatic heterocycles. The predicted octanol–water partition coefficient (Wildman–Crippen LogP) is 4.29. The van der Waals surface area contributed by atoms with E-state index in [1.807, 2.05) is 10.7 Å². The highest BCUT2D eigenvalue weighted by Gasteiger charge is 2.26. The molecule has 5 aromatic rings. The largest absolute Gasteiger partial charge is 0.464 e. The first-order valence-electron chi connectivity index (χ1n) is 9.47. The van der Waals surface area contributed by atoms with E-state index in [1.165, 1.54) is 12.1 Å². The number of fused-ring (bicyclic) bond motifs is 4. The van der Waals surface area contributed by atoms with E-state index in [9.17, 15) is 9.59 Å². The third-order valence-corrected chi connectivity index (χ3v) is 5.77. The van der Waals surface area contributed by atoms with Crippen LogP contribution in [0.15, 0.2) is 55.0 Å². The summed E-state index contributed by atoms with van der Waals surface area (Å²) in [4.78, 5) is 28.2. The lowest BCUT2D eigenvalue weighted by atomic mass is 10.1. The Morgan fingerprint density at radius 3 is 2.75 bits per heavy atom. The molecule has 1 aromatic carbocycles. The maximum absolute atomic E-state index is 13.0. The van der Waals surface area contributed by atoms with Crippen molar-refractivity contribution < 1.29 is 8.83 Å². The SMILES string of the molecule is O=c1ccc2c(c1)oc1c(-c3ccco3)c3c(=O)[nH]n(C4CCCC4)c3[nH]c12. The Hall–Kier alpha value is -3.48. The van der Waals surface area contributed by atoms with Crippen molar-refractivity contribution in [3.63, 3.8) is 0 Å². The molecule has 7 heteroatoms. The summed E-state index contributed by atoms with van der Waals surface area (Å²) in [5, 5.41) is 4.33.